The topological polar surface area (TPSA) is 125 Å². The van der Waals surface area contributed by atoms with Crippen LogP contribution in [0.5, 0.6) is 0 Å². The maximum Gasteiger partial charge on any atom is 0.254 e. The van der Waals surface area contributed by atoms with Crippen molar-refractivity contribution in [2.24, 2.45) is 11.1 Å². The van der Waals surface area contributed by atoms with Crippen LogP contribution < -0.4 is 11.5 Å². The van der Waals surface area contributed by atoms with Crippen molar-refractivity contribution >= 4 is 17.6 Å². The summed E-state index contributed by atoms with van der Waals surface area (Å²) in [6.07, 6.45) is 7.55. The summed E-state index contributed by atoms with van der Waals surface area (Å²) >= 11 is 0. The number of nitrogens with two attached hydrogens (primary N) is 2. The van der Waals surface area contributed by atoms with Crippen LogP contribution in [0.2, 0.25) is 0 Å². The van der Waals surface area contributed by atoms with E-state index in [4.69, 9.17) is 16.6 Å². The second-order valence-electron chi connectivity index (χ2n) is 9.11. The molecule has 2 fully saturated rings. The first-order chi connectivity index (χ1) is 15.9. The van der Waals surface area contributed by atoms with Gasteiger partial charge >= 0.3 is 0 Å². The van der Waals surface area contributed by atoms with Crippen LogP contribution >= 0.6 is 0 Å². The van der Waals surface area contributed by atoms with Gasteiger partial charge in [-0.2, -0.15) is 10.2 Å². The summed E-state index contributed by atoms with van der Waals surface area (Å²) < 4.78 is 3.53. The van der Waals surface area contributed by atoms with Gasteiger partial charge in [0.05, 0.1) is 18.8 Å². The number of anilines is 1. The van der Waals surface area contributed by atoms with Gasteiger partial charge in [-0.1, -0.05) is 36.9 Å². The molecule has 3 heterocycles. The van der Waals surface area contributed by atoms with Crippen molar-refractivity contribution in [3.8, 4) is 11.3 Å². The SMILES string of the molecule is C=CC(=O)N1CC[C@]2(C1)C[C@H](n1nc(-c3cnn(Cc4ccccc4)c3)c(C(N)=O)c1N)C2. The van der Waals surface area contributed by atoms with E-state index in [1.165, 1.54) is 6.08 Å². The Hall–Kier alpha value is -3.88. The molecule has 1 aromatic carbocycles. The van der Waals surface area contributed by atoms with Crippen molar-refractivity contribution in [3.05, 3.63) is 66.5 Å². The van der Waals surface area contributed by atoms with Crippen LogP contribution in [-0.2, 0) is 11.3 Å². The minimum atomic E-state index is -0.609. The average molecular weight is 446 g/mol. The first kappa shape index (κ1) is 21.0. The molecule has 33 heavy (non-hydrogen) atoms. The van der Waals surface area contributed by atoms with Crippen molar-refractivity contribution in [1.82, 2.24) is 24.5 Å². The monoisotopic (exact) mass is 445 g/mol. The first-order valence-electron chi connectivity index (χ1n) is 11.0. The summed E-state index contributed by atoms with van der Waals surface area (Å²) in [6, 6.07) is 10.1. The number of likely N-dealkylation sites (tertiary alicyclic amines) is 1. The smallest absolute Gasteiger partial charge is 0.254 e. The first-order valence-corrected chi connectivity index (χ1v) is 11.0. The predicted octanol–water partition coefficient (Wildman–Crippen LogP) is 2.22. The number of nitrogen functional groups attached to an aromatic ring is 1. The van der Waals surface area contributed by atoms with Crippen molar-refractivity contribution in [3.63, 3.8) is 0 Å². The van der Waals surface area contributed by atoms with Crippen LogP contribution in [0, 0.1) is 5.41 Å². The van der Waals surface area contributed by atoms with Crippen LogP contribution in [-0.4, -0.2) is 49.4 Å². The van der Waals surface area contributed by atoms with Gasteiger partial charge in [0.15, 0.2) is 0 Å². The third-order valence-electron chi connectivity index (χ3n) is 6.90. The molecule has 2 aliphatic rings. The third kappa shape index (κ3) is 3.69. The number of aromatic nitrogens is 4. The van der Waals surface area contributed by atoms with E-state index in [0.717, 1.165) is 37.9 Å². The van der Waals surface area contributed by atoms with E-state index < -0.39 is 5.91 Å². The lowest BCUT2D eigenvalue weighted by atomic mass is 9.65. The summed E-state index contributed by atoms with van der Waals surface area (Å²) in [4.78, 5) is 26.1. The van der Waals surface area contributed by atoms with E-state index >= 15 is 0 Å². The molecule has 9 nitrogen and oxygen atoms in total. The fourth-order valence-electron chi connectivity index (χ4n) is 5.21. The fourth-order valence-corrected chi connectivity index (χ4v) is 5.21. The third-order valence-corrected chi connectivity index (χ3v) is 6.90. The van der Waals surface area contributed by atoms with Crippen molar-refractivity contribution in [2.75, 3.05) is 18.8 Å². The second kappa shape index (κ2) is 7.91. The van der Waals surface area contributed by atoms with Gasteiger partial charge < -0.3 is 16.4 Å². The van der Waals surface area contributed by atoms with E-state index in [-0.39, 0.29) is 28.7 Å². The molecule has 5 rings (SSSR count). The number of carbonyl (C=O) groups excluding carboxylic acids is 2. The zero-order chi connectivity index (χ0) is 23.2. The number of amides is 2. The van der Waals surface area contributed by atoms with Gasteiger partial charge in [-0.3, -0.25) is 14.3 Å². The molecule has 3 aromatic rings. The Balaban J connectivity index is 1.37. The number of carbonyl (C=O) groups is 2. The Labute approximate surface area is 191 Å². The number of primary amides is 1. The quantitative estimate of drug-likeness (QED) is 0.563. The number of rotatable bonds is 6. The highest BCUT2D eigenvalue weighted by Crippen LogP contribution is 2.54. The molecule has 1 saturated heterocycles. The molecular formula is C24H27N7O2. The van der Waals surface area contributed by atoms with Crippen LogP contribution in [0.25, 0.3) is 11.3 Å². The lowest BCUT2D eigenvalue weighted by Gasteiger charge is -2.45. The molecule has 0 radical (unpaired) electrons. The maximum absolute atomic E-state index is 12.3. The molecule has 1 aliphatic heterocycles. The summed E-state index contributed by atoms with van der Waals surface area (Å²) in [6.45, 7) is 5.65. The molecule has 0 unspecified atom stereocenters. The minimum Gasteiger partial charge on any atom is -0.383 e. The van der Waals surface area contributed by atoms with E-state index in [1.807, 2.05) is 41.4 Å². The summed E-state index contributed by atoms with van der Waals surface area (Å²) in [5.74, 6) is -0.354. The van der Waals surface area contributed by atoms with Gasteiger partial charge in [-0.25, -0.2) is 4.68 Å². The van der Waals surface area contributed by atoms with Crippen LogP contribution in [0.4, 0.5) is 5.82 Å². The second-order valence-corrected chi connectivity index (χ2v) is 9.11. The fraction of sp³-hybridized carbons (Fsp3) is 0.333. The zero-order valence-corrected chi connectivity index (χ0v) is 18.4. The van der Waals surface area contributed by atoms with Gasteiger partial charge in [0.2, 0.25) is 5.91 Å². The minimum absolute atomic E-state index is 0.0280. The molecule has 9 heteroatoms. The molecule has 2 amide bonds. The summed E-state index contributed by atoms with van der Waals surface area (Å²) in [7, 11) is 0. The number of hydrogen-bond donors (Lipinski definition) is 2. The van der Waals surface area contributed by atoms with Gasteiger partial charge in [0.25, 0.3) is 5.91 Å². The Morgan fingerprint density at radius 3 is 2.70 bits per heavy atom. The zero-order valence-electron chi connectivity index (χ0n) is 18.4. The Kier molecular flexibility index (Phi) is 5.03. The molecule has 1 spiro atoms. The Bertz CT molecular complexity index is 1220. The normalized spacial score (nSPS) is 21.8. The van der Waals surface area contributed by atoms with Gasteiger partial charge in [0.1, 0.15) is 17.1 Å². The molecule has 170 valence electrons. The van der Waals surface area contributed by atoms with Gasteiger partial charge in [-0.15, -0.1) is 0 Å². The highest BCUT2D eigenvalue weighted by Gasteiger charge is 2.50. The number of hydrogen-bond acceptors (Lipinski definition) is 5. The maximum atomic E-state index is 12.3. The molecule has 2 aromatic heterocycles. The number of benzene rings is 1. The highest BCUT2D eigenvalue weighted by molar-refractivity contribution is 6.03. The van der Waals surface area contributed by atoms with Crippen LogP contribution in [0.3, 0.4) is 0 Å². The lowest BCUT2D eigenvalue weighted by Crippen LogP contribution is -2.42. The van der Waals surface area contributed by atoms with Crippen molar-refractivity contribution in [1.29, 1.82) is 0 Å². The lowest BCUT2D eigenvalue weighted by molar-refractivity contribution is -0.125. The standard InChI is InChI=1S/C24H27N7O2/c1-2-19(32)29-9-8-24(15-29)10-18(11-24)31-22(25)20(23(26)33)21(28-31)17-12-27-30(14-17)13-16-6-4-3-5-7-16/h2-7,12,14,18H,1,8-11,13,15,25H2,(H2,26,33)/t18-,24-. The van der Waals surface area contributed by atoms with Crippen LogP contribution in [0.15, 0.2) is 55.4 Å². The van der Waals surface area contributed by atoms with E-state index in [0.29, 0.717) is 17.8 Å². The molecule has 0 atom stereocenters. The highest BCUT2D eigenvalue weighted by atomic mass is 16.2. The van der Waals surface area contributed by atoms with E-state index in [1.54, 1.807) is 15.6 Å². The molecular weight excluding hydrogens is 418 g/mol. The summed E-state index contributed by atoms with van der Waals surface area (Å²) in [5.41, 5.74) is 14.6. The molecule has 0 bridgehead atoms. The molecule has 4 N–H and O–H groups in total. The van der Waals surface area contributed by atoms with E-state index in [2.05, 4.69) is 11.7 Å². The largest absolute Gasteiger partial charge is 0.383 e. The van der Waals surface area contributed by atoms with Crippen LogP contribution in [0.1, 0.15) is 41.2 Å². The van der Waals surface area contributed by atoms with Crippen molar-refractivity contribution in [2.45, 2.75) is 31.8 Å². The van der Waals surface area contributed by atoms with E-state index in [9.17, 15) is 9.59 Å². The van der Waals surface area contributed by atoms with Gasteiger partial charge in [-0.05, 0) is 36.3 Å². The molecule has 1 saturated carbocycles. The van der Waals surface area contributed by atoms with Crippen molar-refractivity contribution < 1.29 is 9.59 Å². The number of nitrogens with zero attached hydrogens (tertiary/aromatic N) is 5. The summed E-state index contributed by atoms with van der Waals surface area (Å²) in [5, 5.41) is 9.14. The average Bonchev–Trinajstić information content (AvgIpc) is 3.50. The Morgan fingerprint density at radius 2 is 2.00 bits per heavy atom. The molecule has 1 aliphatic carbocycles. The Morgan fingerprint density at radius 1 is 1.24 bits per heavy atom. The van der Waals surface area contributed by atoms with Gasteiger partial charge in [0, 0.05) is 24.8 Å². The predicted molar refractivity (Wildman–Crippen MR) is 124 cm³/mol.